The Balaban J connectivity index is 1.81. The van der Waals surface area contributed by atoms with E-state index in [0.717, 1.165) is 5.56 Å². The molecule has 1 saturated heterocycles. The highest BCUT2D eigenvalue weighted by Crippen LogP contribution is 2.31. The van der Waals surface area contributed by atoms with Gasteiger partial charge in [-0.3, -0.25) is 9.59 Å². The fraction of sp³-hybridized carbons (Fsp3) is 0.300. The van der Waals surface area contributed by atoms with Gasteiger partial charge in [-0.25, -0.2) is 0 Å². The molecule has 1 fully saturated rings. The maximum Gasteiger partial charge on any atom is 0.408 e. The van der Waals surface area contributed by atoms with Crippen LogP contribution in [0.2, 0.25) is 5.02 Å². The zero-order valence-electron chi connectivity index (χ0n) is 14.7. The first kappa shape index (κ1) is 20.2. The van der Waals surface area contributed by atoms with E-state index in [9.17, 15) is 22.8 Å². The molecule has 2 aromatic carbocycles. The van der Waals surface area contributed by atoms with E-state index < -0.39 is 36.0 Å². The van der Waals surface area contributed by atoms with Gasteiger partial charge in [-0.1, -0.05) is 60.1 Å². The van der Waals surface area contributed by atoms with Crippen LogP contribution < -0.4 is 10.6 Å². The maximum atomic E-state index is 12.8. The van der Waals surface area contributed by atoms with Crippen LogP contribution in [-0.2, 0) is 9.59 Å². The highest BCUT2D eigenvalue weighted by molar-refractivity contribution is 6.31. The molecule has 3 unspecified atom stereocenters. The largest absolute Gasteiger partial charge is 0.408 e. The molecule has 2 amide bonds. The van der Waals surface area contributed by atoms with Crippen molar-refractivity contribution in [3.05, 3.63) is 70.7 Å². The standard InChI is InChI=1S/C20H18ClF3N2O2/c21-15-9-5-4-8-13(15)17(12-6-2-1-3-7-12)26-19(28)14-10-11-16(20(22,23)24)25-18(14)27/h1-9,14,16-17H,10-11H2,(H,25,27)(H,26,28). The highest BCUT2D eigenvalue weighted by atomic mass is 35.5. The van der Waals surface area contributed by atoms with Crippen molar-refractivity contribution in [2.45, 2.75) is 31.1 Å². The van der Waals surface area contributed by atoms with Crippen molar-refractivity contribution in [1.82, 2.24) is 10.6 Å². The summed E-state index contributed by atoms with van der Waals surface area (Å²) in [6, 6.07) is 13.4. The van der Waals surface area contributed by atoms with Gasteiger partial charge < -0.3 is 10.6 Å². The van der Waals surface area contributed by atoms with Crippen molar-refractivity contribution in [1.29, 1.82) is 0 Å². The number of amides is 2. The average molecular weight is 411 g/mol. The van der Waals surface area contributed by atoms with E-state index in [4.69, 9.17) is 11.6 Å². The minimum absolute atomic E-state index is 0.175. The molecule has 4 nitrogen and oxygen atoms in total. The van der Waals surface area contributed by atoms with Crippen LogP contribution in [0.25, 0.3) is 0 Å². The van der Waals surface area contributed by atoms with Gasteiger partial charge in [-0.2, -0.15) is 13.2 Å². The molecule has 1 aliphatic rings. The smallest absolute Gasteiger partial charge is 0.344 e. The Labute approximate surface area is 165 Å². The number of hydrogen-bond donors (Lipinski definition) is 2. The van der Waals surface area contributed by atoms with Crippen molar-refractivity contribution in [2.24, 2.45) is 5.92 Å². The second-order valence-corrected chi connectivity index (χ2v) is 7.01. The SMILES string of the molecule is O=C(NC(c1ccccc1)c1ccccc1Cl)C1CCC(C(F)(F)F)NC1=O. The molecule has 0 saturated carbocycles. The van der Waals surface area contributed by atoms with E-state index in [-0.39, 0.29) is 12.8 Å². The lowest BCUT2D eigenvalue weighted by atomic mass is 9.91. The molecule has 1 heterocycles. The zero-order valence-corrected chi connectivity index (χ0v) is 15.4. The second kappa shape index (κ2) is 8.22. The second-order valence-electron chi connectivity index (χ2n) is 6.61. The van der Waals surface area contributed by atoms with Gasteiger partial charge in [-0.05, 0) is 30.0 Å². The Morgan fingerprint density at radius 1 is 1.07 bits per heavy atom. The lowest BCUT2D eigenvalue weighted by molar-refractivity contribution is -0.171. The summed E-state index contributed by atoms with van der Waals surface area (Å²) < 4.78 is 38.4. The molecule has 8 heteroatoms. The van der Waals surface area contributed by atoms with Crippen LogP contribution in [0.15, 0.2) is 54.6 Å². The fourth-order valence-corrected chi connectivity index (χ4v) is 3.49. The van der Waals surface area contributed by atoms with E-state index in [1.165, 1.54) is 0 Å². The number of alkyl halides is 3. The van der Waals surface area contributed by atoms with Crippen molar-refractivity contribution in [2.75, 3.05) is 0 Å². The molecule has 148 valence electrons. The van der Waals surface area contributed by atoms with Crippen LogP contribution in [0.3, 0.4) is 0 Å². The van der Waals surface area contributed by atoms with E-state index in [0.29, 0.717) is 10.6 Å². The van der Waals surface area contributed by atoms with Crippen LogP contribution in [0.4, 0.5) is 13.2 Å². The number of piperidine rings is 1. The van der Waals surface area contributed by atoms with Crippen molar-refractivity contribution >= 4 is 23.4 Å². The van der Waals surface area contributed by atoms with Gasteiger partial charge in [0.25, 0.3) is 0 Å². The van der Waals surface area contributed by atoms with Crippen LogP contribution in [-0.4, -0.2) is 24.0 Å². The van der Waals surface area contributed by atoms with E-state index in [1.54, 1.807) is 48.5 Å². The molecular weight excluding hydrogens is 393 g/mol. The Hall–Kier alpha value is -2.54. The van der Waals surface area contributed by atoms with Crippen molar-refractivity contribution in [3.63, 3.8) is 0 Å². The number of carbonyl (C=O) groups is 2. The van der Waals surface area contributed by atoms with Crippen LogP contribution in [0.5, 0.6) is 0 Å². The van der Waals surface area contributed by atoms with Gasteiger partial charge in [-0.15, -0.1) is 0 Å². The average Bonchev–Trinajstić information content (AvgIpc) is 2.66. The summed E-state index contributed by atoms with van der Waals surface area (Å²) in [7, 11) is 0. The summed E-state index contributed by atoms with van der Waals surface area (Å²) in [6.45, 7) is 0. The monoisotopic (exact) mass is 410 g/mol. The minimum atomic E-state index is -4.53. The summed E-state index contributed by atoms with van der Waals surface area (Å²) in [5.41, 5.74) is 1.38. The molecule has 0 aliphatic carbocycles. The maximum absolute atomic E-state index is 12.8. The Morgan fingerprint density at radius 3 is 2.32 bits per heavy atom. The number of carbonyl (C=O) groups excluding carboxylic acids is 2. The number of hydrogen-bond acceptors (Lipinski definition) is 2. The number of nitrogens with one attached hydrogen (secondary N) is 2. The van der Waals surface area contributed by atoms with Crippen LogP contribution in [0, 0.1) is 5.92 Å². The summed E-state index contributed by atoms with van der Waals surface area (Å²) in [6.07, 6.45) is -5.04. The first-order valence-corrected chi connectivity index (χ1v) is 9.12. The molecule has 3 atom stereocenters. The molecule has 2 N–H and O–H groups in total. The molecule has 0 spiro atoms. The summed E-state index contributed by atoms with van der Waals surface area (Å²) in [4.78, 5) is 24.9. The highest BCUT2D eigenvalue weighted by Gasteiger charge is 2.46. The van der Waals surface area contributed by atoms with Gasteiger partial charge >= 0.3 is 6.18 Å². The number of rotatable bonds is 4. The quantitative estimate of drug-likeness (QED) is 0.748. The van der Waals surface area contributed by atoms with Crippen LogP contribution >= 0.6 is 11.6 Å². The molecule has 28 heavy (non-hydrogen) atoms. The van der Waals surface area contributed by atoms with Gasteiger partial charge in [0.05, 0.1) is 6.04 Å². The predicted molar refractivity (Wildman–Crippen MR) is 98.6 cm³/mol. The van der Waals surface area contributed by atoms with Crippen LogP contribution in [0.1, 0.15) is 30.0 Å². The third kappa shape index (κ3) is 4.47. The topological polar surface area (TPSA) is 58.2 Å². The number of halogens is 4. The lowest BCUT2D eigenvalue weighted by Crippen LogP contribution is -2.54. The zero-order chi connectivity index (χ0) is 20.3. The molecular formula is C20H18ClF3N2O2. The van der Waals surface area contributed by atoms with Crippen molar-refractivity contribution < 1.29 is 22.8 Å². The molecule has 0 aromatic heterocycles. The minimum Gasteiger partial charge on any atom is -0.344 e. The van der Waals surface area contributed by atoms with Crippen molar-refractivity contribution in [3.8, 4) is 0 Å². The van der Waals surface area contributed by atoms with E-state index in [1.807, 2.05) is 11.4 Å². The molecule has 3 rings (SSSR count). The first-order chi connectivity index (χ1) is 13.3. The summed E-state index contributed by atoms with van der Waals surface area (Å²) >= 11 is 6.28. The molecule has 0 bridgehead atoms. The predicted octanol–water partition coefficient (Wildman–Crippen LogP) is 4.00. The Bertz CT molecular complexity index is 858. The summed E-state index contributed by atoms with van der Waals surface area (Å²) in [5, 5.41) is 5.11. The summed E-state index contributed by atoms with van der Waals surface area (Å²) in [5.74, 6) is -2.74. The normalized spacial score (nSPS) is 20.9. The Morgan fingerprint density at radius 2 is 1.71 bits per heavy atom. The first-order valence-electron chi connectivity index (χ1n) is 8.74. The third-order valence-electron chi connectivity index (χ3n) is 4.72. The lowest BCUT2D eigenvalue weighted by Gasteiger charge is -2.31. The number of benzene rings is 2. The molecule has 1 aliphatic heterocycles. The Kier molecular flexibility index (Phi) is 5.93. The fourth-order valence-electron chi connectivity index (χ4n) is 3.24. The molecule has 2 aromatic rings. The van der Waals surface area contributed by atoms with E-state index in [2.05, 4.69) is 5.32 Å². The van der Waals surface area contributed by atoms with Gasteiger partial charge in [0.15, 0.2) is 0 Å². The third-order valence-corrected chi connectivity index (χ3v) is 5.07. The van der Waals surface area contributed by atoms with E-state index >= 15 is 0 Å². The molecule has 0 radical (unpaired) electrons. The van der Waals surface area contributed by atoms with Gasteiger partial charge in [0, 0.05) is 5.02 Å². The van der Waals surface area contributed by atoms with Gasteiger partial charge in [0.2, 0.25) is 11.8 Å². The van der Waals surface area contributed by atoms with Gasteiger partial charge in [0.1, 0.15) is 12.0 Å².